The Balaban J connectivity index is 1.91. The molecule has 0 spiro atoms. The maximum absolute atomic E-state index is 13.1. The van der Waals surface area contributed by atoms with E-state index in [1.807, 2.05) is 49.3 Å². The molecule has 2 atom stereocenters. The first-order chi connectivity index (χ1) is 14.8. The molecule has 1 aliphatic rings. The largest absolute Gasteiger partial charge is 0.284 e. The van der Waals surface area contributed by atoms with Crippen molar-refractivity contribution in [3.63, 3.8) is 0 Å². The zero-order valence-corrected chi connectivity index (χ0v) is 20.2. The van der Waals surface area contributed by atoms with E-state index in [1.54, 1.807) is 17.1 Å². The van der Waals surface area contributed by atoms with Gasteiger partial charge in [-0.1, -0.05) is 73.6 Å². The van der Waals surface area contributed by atoms with Gasteiger partial charge in [-0.2, -0.15) is 5.10 Å². The number of carbonyl (C=O) groups excluding carboxylic acids is 1. The highest BCUT2D eigenvalue weighted by Gasteiger charge is 2.40. The zero-order valence-electron chi connectivity index (χ0n) is 17.9. The van der Waals surface area contributed by atoms with Crippen molar-refractivity contribution in [2.45, 2.75) is 39.2 Å². The third kappa shape index (κ3) is 5.72. The van der Waals surface area contributed by atoms with Gasteiger partial charge in [0.05, 0.1) is 16.8 Å². The van der Waals surface area contributed by atoms with E-state index in [0.29, 0.717) is 26.5 Å². The summed E-state index contributed by atoms with van der Waals surface area (Å²) in [5, 5.41) is 10.0. The van der Waals surface area contributed by atoms with Crippen LogP contribution in [0.2, 0.25) is 15.1 Å². The lowest BCUT2D eigenvalue weighted by molar-refractivity contribution is -0.119. The summed E-state index contributed by atoms with van der Waals surface area (Å²) in [6.45, 7) is 4.94. The molecule has 2 aromatic carbocycles. The molecule has 166 valence electrons. The van der Waals surface area contributed by atoms with E-state index >= 15 is 0 Å². The van der Waals surface area contributed by atoms with Gasteiger partial charge < -0.3 is 0 Å². The number of unbranched alkanes of at least 4 members (excludes halogenated alkanes) is 2. The van der Waals surface area contributed by atoms with Gasteiger partial charge in [0, 0.05) is 29.6 Å². The number of hydrazone groups is 1. The molecule has 8 heteroatoms. The van der Waals surface area contributed by atoms with Gasteiger partial charge in [0.2, 0.25) is 0 Å². The molecule has 0 saturated heterocycles. The standard InChI is InChI=1S/C23H27Cl3N4O/c1-4-5-6-13-29(3)28-23(31)21-15(2)22(16-7-9-17(24)10-8-16)30(27-21)20-12-11-18(25)14-19(20)26/h7-12,14-15,22H,4-6,13H2,1-3H3,(H,28,31). The fourth-order valence-electron chi connectivity index (χ4n) is 3.73. The number of hydrazine groups is 1. The van der Waals surface area contributed by atoms with E-state index < -0.39 is 0 Å². The number of benzene rings is 2. The van der Waals surface area contributed by atoms with Gasteiger partial charge in [-0.05, 0) is 42.3 Å². The minimum Gasteiger partial charge on any atom is -0.284 e. The highest BCUT2D eigenvalue weighted by atomic mass is 35.5. The van der Waals surface area contributed by atoms with E-state index in [2.05, 4.69) is 12.3 Å². The first-order valence-corrected chi connectivity index (χ1v) is 11.6. The predicted octanol–water partition coefficient (Wildman–Crippen LogP) is 6.35. The summed E-state index contributed by atoms with van der Waals surface area (Å²) in [6, 6.07) is 12.6. The van der Waals surface area contributed by atoms with Gasteiger partial charge in [0.1, 0.15) is 5.71 Å². The molecular formula is C23H27Cl3N4O. The van der Waals surface area contributed by atoms with Gasteiger partial charge in [-0.25, -0.2) is 5.01 Å². The highest BCUT2D eigenvalue weighted by molar-refractivity contribution is 6.41. The number of halogens is 3. The Hall–Kier alpha value is -1.79. The normalized spacial score (nSPS) is 18.4. The number of amides is 1. The summed E-state index contributed by atoms with van der Waals surface area (Å²) in [5.74, 6) is -0.380. The van der Waals surface area contributed by atoms with E-state index in [1.165, 1.54) is 0 Å². The molecule has 3 rings (SSSR count). The van der Waals surface area contributed by atoms with Crippen LogP contribution in [0.15, 0.2) is 47.6 Å². The van der Waals surface area contributed by atoms with Crippen molar-refractivity contribution in [2.75, 3.05) is 18.6 Å². The number of rotatable bonds is 8. The molecule has 0 fully saturated rings. The fraction of sp³-hybridized carbons (Fsp3) is 0.391. The Labute approximate surface area is 198 Å². The van der Waals surface area contributed by atoms with Gasteiger partial charge in [0.25, 0.3) is 5.91 Å². The lowest BCUT2D eigenvalue weighted by Gasteiger charge is -2.27. The molecule has 2 aromatic rings. The van der Waals surface area contributed by atoms with Crippen LogP contribution in [0.25, 0.3) is 0 Å². The molecule has 1 amide bonds. The van der Waals surface area contributed by atoms with Crippen LogP contribution in [0.3, 0.4) is 0 Å². The van der Waals surface area contributed by atoms with E-state index in [4.69, 9.17) is 39.9 Å². The molecule has 1 N–H and O–H groups in total. The van der Waals surface area contributed by atoms with Gasteiger partial charge in [-0.3, -0.25) is 15.2 Å². The number of hydrogen-bond acceptors (Lipinski definition) is 4. The second-order valence-corrected chi connectivity index (χ2v) is 9.06. The molecule has 0 saturated carbocycles. The third-order valence-electron chi connectivity index (χ3n) is 5.37. The first-order valence-electron chi connectivity index (χ1n) is 10.4. The first kappa shape index (κ1) is 23.9. The SMILES string of the molecule is CCCCCN(C)NC(=O)C1=NN(c2ccc(Cl)cc2Cl)C(c2ccc(Cl)cc2)C1C. The maximum atomic E-state index is 13.1. The number of hydrogen-bond donors (Lipinski definition) is 1. The Bertz CT molecular complexity index is 948. The van der Waals surface area contributed by atoms with Crippen molar-refractivity contribution < 1.29 is 4.79 Å². The van der Waals surface area contributed by atoms with E-state index in [-0.39, 0.29) is 17.9 Å². The molecule has 5 nitrogen and oxygen atoms in total. The average molecular weight is 482 g/mol. The molecule has 1 aliphatic heterocycles. The van der Waals surface area contributed by atoms with Gasteiger partial charge in [0.15, 0.2) is 0 Å². The Kier molecular flexibility index (Phi) is 8.23. The summed E-state index contributed by atoms with van der Waals surface area (Å²) in [5.41, 5.74) is 5.08. The Morgan fingerprint density at radius 1 is 1.10 bits per heavy atom. The summed E-state index contributed by atoms with van der Waals surface area (Å²) >= 11 is 18.7. The van der Waals surface area contributed by atoms with Crippen molar-refractivity contribution in [3.05, 3.63) is 63.1 Å². The monoisotopic (exact) mass is 480 g/mol. The van der Waals surface area contributed by atoms with Crippen molar-refractivity contribution in [1.82, 2.24) is 10.4 Å². The van der Waals surface area contributed by atoms with Crippen LogP contribution in [0, 0.1) is 5.92 Å². The van der Waals surface area contributed by atoms with Crippen LogP contribution < -0.4 is 10.4 Å². The van der Waals surface area contributed by atoms with Crippen LogP contribution in [0.4, 0.5) is 5.69 Å². The molecule has 1 heterocycles. The molecule has 0 aliphatic carbocycles. The van der Waals surface area contributed by atoms with E-state index in [9.17, 15) is 4.79 Å². The van der Waals surface area contributed by atoms with Crippen LogP contribution in [-0.2, 0) is 4.79 Å². The lowest BCUT2D eigenvalue weighted by atomic mass is 9.91. The molecule has 0 aromatic heterocycles. The molecule has 0 bridgehead atoms. The summed E-state index contributed by atoms with van der Waals surface area (Å²) in [7, 11) is 1.87. The second-order valence-electron chi connectivity index (χ2n) is 7.78. The van der Waals surface area contributed by atoms with Crippen molar-refractivity contribution >= 4 is 52.1 Å². The molecule has 31 heavy (non-hydrogen) atoms. The van der Waals surface area contributed by atoms with E-state index in [0.717, 1.165) is 31.4 Å². The second kappa shape index (κ2) is 10.7. The Morgan fingerprint density at radius 3 is 2.42 bits per heavy atom. The molecule has 0 radical (unpaired) electrons. The lowest BCUT2D eigenvalue weighted by Crippen LogP contribution is -2.44. The van der Waals surface area contributed by atoms with Crippen LogP contribution in [-0.4, -0.2) is 30.2 Å². The zero-order chi connectivity index (χ0) is 22.5. The molecule has 2 unspecified atom stereocenters. The summed E-state index contributed by atoms with van der Waals surface area (Å²) in [4.78, 5) is 13.1. The van der Waals surface area contributed by atoms with Gasteiger partial charge >= 0.3 is 0 Å². The summed E-state index contributed by atoms with van der Waals surface area (Å²) < 4.78 is 0. The number of carbonyl (C=O) groups is 1. The Morgan fingerprint density at radius 2 is 1.77 bits per heavy atom. The fourth-order valence-corrected chi connectivity index (χ4v) is 4.35. The van der Waals surface area contributed by atoms with Crippen LogP contribution >= 0.6 is 34.8 Å². The number of anilines is 1. The predicted molar refractivity (Wildman–Crippen MR) is 130 cm³/mol. The average Bonchev–Trinajstić information content (AvgIpc) is 3.06. The van der Waals surface area contributed by atoms with Gasteiger partial charge in [-0.15, -0.1) is 0 Å². The topological polar surface area (TPSA) is 47.9 Å². The highest BCUT2D eigenvalue weighted by Crippen LogP contribution is 2.42. The minimum absolute atomic E-state index is 0.169. The smallest absolute Gasteiger partial charge is 0.282 e. The molecular weight excluding hydrogens is 455 g/mol. The van der Waals surface area contributed by atoms with Crippen molar-refractivity contribution in [1.29, 1.82) is 0 Å². The van der Waals surface area contributed by atoms with Crippen molar-refractivity contribution in [3.8, 4) is 0 Å². The number of nitrogens with one attached hydrogen (secondary N) is 1. The van der Waals surface area contributed by atoms with Crippen LogP contribution in [0.5, 0.6) is 0 Å². The van der Waals surface area contributed by atoms with Crippen LogP contribution in [0.1, 0.15) is 44.7 Å². The summed E-state index contributed by atoms with van der Waals surface area (Å²) in [6.07, 6.45) is 3.28. The maximum Gasteiger partial charge on any atom is 0.282 e. The number of nitrogens with zero attached hydrogens (tertiary/aromatic N) is 3. The minimum atomic E-state index is -0.210. The third-order valence-corrected chi connectivity index (χ3v) is 6.16. The quantitative estimate of drug-likeness (QED) is 0.353. The van der Waals surface area contributed by atoms with Crippen molar-refractivity contribution in [2.24, 2.45) is 11.0 Å².